The molecule has 0 atom stereocenters. The van der Waals surface area contributed by atoms with Gasteiger partial charge in [0.1, 0.15) is 11.6 Å². The number of sulfonamides is 1. The van der Waals surface area contributed by atoms with Crippen LogP contribution in [-0.2, 0) is 16.6 Å². The molecule has 0 unspecified atom stereocenters. The predicted octanol–water partition coefficient (Wildman–Crippen LogP) is 2.75. The highest BCUT2D eigenvalue weighted by atomic mass is 32.2. The number of aryl methyl sites for hydroxylation is 1. The topological polar surface area (TPSA) is 46.2 Å². The van der Waals surface area contributed by atoms with Crippen molar-refractivity contribution in [3.05, 3.63) is 65.2 Å². The number of halogens is 2. The zero-order valence-corrected chi connectivity index (χ0v) is 11.5. The second-order valence-electron chi connectivity index (χ2n) is 4.36. The molecule has 20 heavy (non-hydrogen) atoms. The van der Waals surface area contributed by atoms with Crippen molar-refractivity contribution in [1.29, 1.82) is 0 Å². The second-order valence-corrected chi connectivity index (χ2v) is 6.13. The van der Waals surface area contributed by atoms with E-state index in [4.69, 9.17) is 0 Å². The summed E-state index contributed by atoms with van der Waals surface area (Å²) in [5.74, 6) is -0.895. The van der Waals surface area contributed by atoms with Gasteiger partial charge in [0.25, 0.3) is 0 Å². The van der Waals surface area contributed by atoms with Crippen molar-refractivity contribution in [2.75, 3.05) is 0 Å². The predicted molar refractivity (Wildman–Crippen MR) is 71.6 cm³/mol. The molecule has 0 aliphatic heterocycles. The Morgan fingerprint density at radius 2 is 1.70 bits per heavy atom. The number of hydrogen-bond acceptors (Lipinski definition) is 2. The lowest BCUT2D eigenvalue weighted by molar-refractivity contribution is 0.579. The second kappa shape index (κ2) is 5.68. The van der Waals surface area contributed by atoms with Crippen molar-refractivity contribution in [3.8, 4) is 0 Å². The van der Waals surface area contributed by atoms with E-state index in [0.717, 1.165) is 12.1 Å². The first-order valence-electron chi connectivity index (χ1n) is 5.89. The van der Waals surface area contributed by atoms with Gasteiger partial charge in [-0.25, -0.2) is 21.9 Å². The molecule has 0 aliphatic rings. The van der Waals surface area contributed by atoms with Crippen LogP contribution in [-0.4, -0.2) is 8.42 Å². The van der Waals surface area contributed by atoms with Gasteiger partial charge in [-0.2, -0.15) is 0 Å². The molecular formula is C14H13F2NO2S. The maximum atomic E-state index is 13.3. The molecule has 1 N–H and O–H groups in total. The standard InChI is InChI=1S/C14H13F2NO2S/c1-10-2-3-11(8-14(10)16)9-17-20(18,19)13-6-4-12(15)5-7-13/h2-8,17H,9H2,1H3. The van der Waals surface area contributed by atoms with Gasteiger partial charge in [0.05, 0.1) is 4.90 Å². The van der Waals surface area contributed by atoms with Gasteiger partial charge < -0.3 is 0 Å². The Balaban J connectivity index is 2.13. The van der Waals surface area contributed by atoms with Crippen molar-refractivity contribution in [2.45, 2.75) is 18.4 Å². The molecule has 0 aromatic heterocycles. The molecule has 0 radical (unpaired) electrons. The van der Waals surface area contributed by atoms with Crippen molar-refractivity contribution in [2.24, 2.45) is 0 Å². The quantitative estimate of drug-likeness (QED) is 0.943. The molecule has 0 aliphatic carbocycles. The first kappa shape index (κ1) is 14.6. The van der Waals surface area contributed by atoms with Gasteiger partial charge >= 0.3 is 0 Å². The third kappa shape index (κ3) is 3.40. The van der Waals surface area contributed by atoms with E-state index >= 15 is 0 Å². The normalized spacial score (nSPS) is 11.6. The molecular weight excluding hydrogens is 284 g/mol. The van der Waals surface area contributed by atoms with Crippen LogP contribution >= 0.6 is 0 Å². The van der Waals surface area contributed by atoms with Crippen LogP contribution < -0.4 is 4.72 Å². The molecule has 6 heteroatoms. The van der Waals surface area contributed by atoms with E-state index < -0.39 is 15.8 Å². The third-order valence-corrected chi connectivity index (χ3v) is 4.24. The molecule has 0 fully saturated rings. The number of hydrogen-bond donors (Lipinski definition) is 1. The van der Waals surface area contributed by atoms with E-state index in [1.165, 1.54) is 18.2 Å². The zero-order valence-electron chi connectivity index (χ0n) is 10.7. The summed E-state index contributed by atoms with van der Waals surface area (Å²) in [6.45, 7) is 1.60. The molecule has 0 saturated heterocycles. The number of benzene rings is 2. The molecule has 2 aromatic carbocycles. The Morgan fingerprint density at radius 3 is 2.30 bits per heavy atom. The Morgan fingerprint density at radius 1 is 1.05 bits per heavy atom. The van der Waals surface area contributed by atoms with Crippen molar-refractivity contribution in [1.82, 2.24) is 4.72 Å². The summed E-state index contributed by atoms with van der Waals surface area (Å²) in [5, 5.41) is 0. The Labute approximate surface area is 116 Å². The molecule has 0 bridgehead atoms. The summed E-state index contributed by atoms with van der Waals surface area (Å²) in [5.41, 5.74) is 1.01. The summed E-state index contributed by atoms with van der Waals surface area (Å²) in [7, 11) is -3.74. The summed E-state index contributed by atoms with van der Waals surface area (Å²) in [4.78, 5) is -0.0357. The maximum absolute atomic E-state index is 13.3. The van der Waals surface area contributed by atoms with Crippen LogP contribution in [0.3, 0.4) is 0 Å². The summed E-state index contributed by atoms with van der Waals surface area (Å²) in [6, 6.07) is 8.99. The highest BCUT2D eigenvalue weighted by molar-refractivity contribution is 7.89. The Bertz CT molecular complexity index is 712. The largest absolute Gasteiger partial charge is 0.240 e. The average molecular weight is 297 g/mol. The van der Waals surface area contributed by atoms with Crippen LogP contribution in [0, 0.1) is 18.6 Å². The Kier molecular flexibility index (Phi) is 4.15. The van der Waals surface area contributed by atoms with Crippen LogP contribution in [0.15, 0.2) is 47.4 Å². The van der Waals surface area contributed by atoms with E-state index in [9.17, 15) is 17.2 Å². The lowest BCUT2D eigenvalue weighted by Gasteiger charge is -2.07. The fourth-order valence-electron chi connectivity index (χ4n) is 1.62. The van der Waals surface area contributed by atoms with E-state index in [-0.39, 0.29) is 17.3 Å². The highest BCUT2D eigenvalue weighted by Gasteiger charge is 2.13. The molecule has 0 amide bonds. The number of rotatable bonds is 4. The third-order valence-electron chi connectivity index (χ3n) is 2.83. The van der Waals surface area contributed by atoms with Gasteiger partial charge in [-0.05, 0) is 48.4 Å². The van der Waals surface area contributed by atoms with Crippen LogP contribution in [0.5, 0.6) is 0 Å². The minimum Gasteiger partial charge on any atom is -0.207 e. The fourth-order valence-corrected chi connectivity index (χ4v) is 2.64. The smallest absolute Gasteiger partial charge is 0.207 e. The Hall–Kier alpha value is -1.79. The van der Waals surface area contributed by atoms with Crippen LogP contribution in [0.1, 0.15) is 11.1 Å². The van der Waals surface area contributed by atoms with Gasteiger partial charge in [0, 0.05) is 6.54 Å². The zero-order chi connectivity index (χ0) is 14.8. The SMILES string of the molecule is Cc1ccc(CNS(=O)(=O)c2ccc(F)cc2)cc1F. The lowest BCUT2D eigenvalue weighted by Crippen LogP contribution is -2.23. The van der Waals surface area contributed by atoms with E-state index in [1.54, 1.807) is 19.1 Å². The van der Waals surface area contributed by atoms with Crippen molar-refractivity contribution >= 4 is 10.0 Å². The van der Waals surface area contributed by atoms with Crippen LogP contribution in [0.4, 0.5) is 8.78 Å². The van der Waals surface area contributed by atoms with Crippen LogP contribution in [0.2, 0.25) is 0 Å². The van der Waals surface area contributed by atoms with E-state index in [1.807, 2.05) is 0 Å². The molecule has 2 aromatic rings. The molecule has 3 nitrogen and oxygen atoms in total. The average Bonchev–Trinajstić information content (AvgIpc) is 2.41. The summed E-state index contributed by atoms with van der Waals surface area (Å²) < 4.78 is 52.3. The lowest BCUT2D eigenvalue weighted by atomic mass is 10.1. The van der Waals surface area contributed by atoms with Crippen molar-refractivity contribution in [3.63, 3.8) is 0 Å². The van der Waals surface area contributed by atoms with Crippen molar-refractivity contribution < 1.29 is 17.2 Å². The van der Waals surface area contributed by atoms with Gasteiger partial charge in [-0.3, -0.25) is 0 Å². The molecule has 0 heterocycles. The van der Waals surface area contributed by atoms with E-state index in [0.29, 0.717) is 11.1 Å². The highest BCUT2D eigenvalue weighted by Crippen LogP contribution is 2.12. The van der Waals surface area contributed by atoms with E-state index in [2.05, 4.69) is 4.72 Å². The summed E-state index contributed by atoms with van der Waals surface area (Å²) >= 11 is 0. The first-order chi connectivity index (χ1) is 9.38. The summed E-state index contributed by atoms with van der Waals surface area (Å²) in [6.07, 6.45) is 0. The fraction of sp³-hybridized carbons (Fsp3) is 0.143. The number of nitrogens with one attached hydrogen (secondary N) is 1. The van der Waals surface area contributed by atoms with Gasteiger partial charge in [-0.1, -0.05) is 12.1 Å². The van der Waals surface area contributed by atoms with Gasteiger partial charge in [0.2, 0.25) is 10.0 Å². The van der Waals surface area contributed by atoms with Crippen LogP contribution in [0.25, 0.3) is 0 Å². The molecule has 0 spiro atoms. The first-order valence-corrected chi connectivity index (χ1v) is 7.37. The minimum atomic E-state index is -3.74. The van der Waals surface area contributed by atoms with Gasteiger partial charge in [0.15, 0.2) is 0 Å². The monoisotopic (exact) mass is 297 g/mol. The van der Waals surface area contributed by atoms with Gasteiger partial charge in [-0.15, -0.1) is 0 Å². The molecule has 0 saturated carbocycles. The molecule has 2 rings (SSSR count). The maximum Gasteiger partial charge on any atom is 0.240 e. The minimum absolute atomic E-state index is 0.0308. The molecule has 106 valence electrons.